The molecule has 0 radical (unpaired) electrons. The van der Waals surface area contributed by atoms with E-state index in [2.05, 4.69) is 29.6 Å². The molecule has 1 aliphatic carbocycles. The van der Waals surface area contributed by atoms with Gasteiger partial charge in [-0.1, -0.05) is 60.7 Å². The number of hydrogen-bond donors (Lipinski definition) is 3. The third-order valence-electron chi connectivity index (χ3n) is 5.77. The molecule has 3 N–H and O–H groups in total. The van der Waals surface area contributed by atoms with Gasteiger partial charge in [-0.2, -0.15) is 5.26 Å². The largest absolute Gasteiger partial charge is 0.449 e. The molecule has 0 saturated heterocycles. The van der Waals surface area contributed by atoms with Crippen LogP contribution < -0.4 is 5.32 Å². The quantitative estimate of drug-likeness (QED) is 0.530. The van der Waals surface area contributed by atoms with Crippen molar-refractivity contribution in [2.45, 2.75) is 24.5 Å². The molecule has 0 fully saturated rings. The van der Waals surface area contributed by atoms with Gasteiger partial charge in [0.1, 0.15) is 12.7 Å². The summed E-state index contributed by atoms with van der Waals surface area (Å²) in [7, 11) is 0. The standard InChI is InChI=1S/C26H24N2O4/c27-15-17-6-5-7-18(14-17)25(30)24(29)12-13-28-26(31)32-16-23-21-10-3-1-8-19(21)20-9-2-4-11-22(20)23/h1-11,14,23-25,29-30H,12-13,16H2,(H,28,31). The summed E-state index contributed by atoms with van der Waals surface area (Å²) in [5.74, 6) is -0.0204. The molecular formula is C26H24N2O4. The number of aliphatic hydroxyl groups excluding tert-OH is 2. The van der Waals surface area contributed by atoms with Gasteiger partial charge in [0.25, 0.3) is 0 Å². The van der Waals surface area contributed by atoms with Crippen molar-refractivity contribution >= 4 is 6.09 Å². The molecule has 6 nitrogen and oxygen atoms in total. The highest BCUT2D eigenvalue weighted by Gasteiger charge is 2.29. The number of rotatable bonds is 7. The molecule has 0 aromatic heterocycles. The molecule has 2 atom stereocenters. The number of carbonyl (C=O) groups is 1. The summed E-state index contributed by atoms with van der Waals surface area (Å²) in [6.45, 7) is 0.360. The molecule has 1 aliphatic rings. The van der Waals surface area contributed by atoms with Gasteiger partial charge >= 0.3 is 6.09 Å². The van der Waals surface area contributed by atoms with Crippen molar-refractivity contribution in [1.82, 2.24) is 5.32 Å². The highest BCUT2D eigenvalue weighted by molar-refractivity contribution is 5.79. The first-order chi connectivity index (χ1) is 15.6. The van der Waals surface area contributed by atoms with Crippen molar-refractivity contribution in [3.63, 3.8) is 0 Å². The Bertz CT molecular complexity index is 1110. The van der Waals surface area contributed by atoms with E-state index in [0.717, 1.165) is 22.3 Å². The van der Waals surface area contributed by atoms with Crippen LogP contribution in [-0.4, -0.2) is 35.6 Å². The lowest BCUT2D eigenvalue weighted by Gasteiger charge is -2.19. The lowest BCUT2D eigenvalue weighted by molar-refractivity contribution is 0.0136. The van der Waals surface area contributed by atoms with Crippen LogP contribution in [0.25, 0.3) is 11.1 Å². The van der Waals surface area contributed by atoms with Crippen molar-refractivity contribution in [1.29, 1.82) is 5.26 Å². The fourth-order valence-corrected chi connectivity index (χ4v) is 4.14. The van der Waals surface area contributed by atoms with Gasteiger partial charge in [-0.05, 0) is 46.4 Å². The molecule has 0 spiro atoms. The molecule has 1 amide bonds. The number of ether oxygens (including phenoxy) is 1. The Labute approximate surface area is 186 Å². The maximum Gasteiger partial charge on any atom is 0.407 e. The first-order valence-corrected chi connectivity index (χ1v) is 10.5. The van der Waals surface area contributed by atoms with Crippen molar-refractivity contribution in [3.05, 3.63) is 95.1 Å². The number of nitriles is 1. The molecule has 0 saturated carbocycles. The van der Waals surface area contributed by atoms with E-state index in [4.69, 9.17) is 10.00 Å². The summed E-state index contributed by atoms with van der Waals surface area (Å²) in [6, 6.07) is 24.7. The molecule has 0 bridgehead atoms. The number of aliphatic hydroxyl groups is 2. The maximum absolute atomic E-state index is 12.2. The van der Waals surface area contributed by atoms with Crippen LogP contribution in [0.2, 0.25) is 0 Å². The molecule has 162 valence electrons. The first-order valence-electron chi connectivity index (χ1n) is 10.5. The van der Waals surface area contributed by atoms with Crippen LogP contribution in [-0.2, 0) is 4.74 Å². The van der Waals surface area contributed by atoms with E-state index in [-0.39, 0.29) is 25.5 Å². The second kappa shape index (κ2) is 9.65. The molecule has 4 rings (SSSR count). The van der Waals surface area contributed by atoms with Crippen LogP contribution >= 0.6 is 0 Å². The third kappa shape index (κ3) is 4.50. The first kappa shape index (κ1) is 21.6. The fourth-order valence-electron chi connectivity index (χ4n) is 4.14. The Kier molecular flexibility index (Phi) is 6.50. The van der Waals surface area contributed by atoms with Crippen LogP contribution in [0, 0.1) is 11.3 Å². The van der Waals surface area contributed by atoms with Crippen molar-refractivity contribution in [2.24, 2.45) is 0 Å². The van der Waals surface area contributed by atoms with E-state index in [0.29, 0.717) is 11.1 Å². The van der Waals surface area contributed by atoms with Gasteiger partial charge in [0.2, 0.25) is 0 Å². The molecular weight excluding hydrogens is 404 g/mol. The van der Waals surface area contributed by atoms with Crippen molar-refractivity contribution in [3.8, 4) is 17.2 Å². The van der Waals surface area contributed by atoms with Crippen LogP contribution in [0.1, 0.15) is 40.7 Å². The minimum atomic E-state index is -1.15. The SMILES string of the molecule is N#Cc1cccc(C(O)C(O)CCNC(=O)OCC2c3ccccc3-c3ccccc32)c1. The summed E-state index contributed by atoms with van der Waals surface area (Å²) < 4.78 is 5.47. The van der Waals surface area contributed by atoms with E-state index in [1.165, 1.54) is 6.07 Å². The van der Waals surface area contributed by atoms with Gasteiger partial charge in [0.15, 0.2) is 0 Å². The summed E-state index contributed by atoms with van der Waals surface area (Å²) in [5.41, 5.74) is 5.46. The van der Waals surface area contributed by atoms with E-state index >= 15 is 0 Å². The molecule has 0 aliphatic heterocycles. The summed E-state index contributed by atoms with van der Waals surface area (Å²) in [4.78, 5) is 12.2. The Hall–Kier alpha value is -3.66. The normalized spacial score (nSPS) is 14.0. The zero-order chi connectivity index (χ0) is 22.5. The predicted octanol–water partition coefficient (Wildman–Crippen LogP) is 3.88. The van der Waals surface area contributed by atoms with Gasteiger partial charge in [0, 0.05) is 12.5 Å². The zero-order valence-corrected chi connectivity index (χ0v) is 17.4. The van der Waals surface area contributed by atoms with Gasteiger partial charge < -0.3 is 20.3 Å². The molecule has 6 heteroatoms. The zero-order valence-electron chi connectivity index (χ0n) is 17.4. The van der Waals surface area contributed by atoms with E-state index in [9.17, 15) is 15.0 Å². The Morgan fingerprint density at radius 1 is 1.00 bits per heavy atom. The lowest BCUT2D eigenvalue weighted by atomic mass is 9.98. The van der Waals surface area contributed by atoms with E-state index < -0.39 is 18.3 Å². The highest BCUT2D eigenvalue weighted by atomic mass is 16.5. The highest BCUT2D eigenvalue weighted by Crippen LogP contribution is 2.44. The number of amides is 1. The predicted molar refractivity (Wildman–Crippen MR) is 120 cm³/mol. The van der Waals surface area contributed by atoms with Gasteiger partial charge in [-0.25, -0.2) is 4.79 Å². The topological polar surface area (TPSA) is 103 Å². The van der Waals surface area contributed by atoms with Gasteiger partial charge in [-0.3, -0.25) is 0 Å². The number of hydrogen-bond acceptors (Lipinski definition) is 5. The minimum Gasteiger partial charge on any atom is -0.449 e. The average molecular weight is 428 g/mol. The Morgan fingerprint density at radius 3 is 2.31 bits per heavy atom. The Morgan fingerprint density at radius 2 is 1.66 bits per heavy atom. The second-order valence-electron chi connectivity index (χ2n) is 7.79. The summed E-state index contributed by atoms with van der Waals surface area (Å²) in [5, 5.41) is 32.1. The van der Waals surface area contributed by atoms with Crippen LogP contribution in [0.3, 0.4) is 0 Å². The van der Waals surface area contributed by atoms with Gasteiger partial charge in [0.05, 0.1) is 17.7 Å². The van der Waals surface area contributed by atoms with Crippen LogP contribution in [0.4, 0.5) is 4.79 Å². The molecule has 32 heavy (non-hydrogen) atoms. The van der Waals surface area contributed by atoms with Crippen LogP contribution in [0.15, 0.2) is 72.8 Å². The molecule has 3 aromatic carbocycles. The molecule has 3 aromatic rings. The molecule has 2 unspecified atom stereocenters. The van der Waals surface area contributed by atoms with Crippen molar-refractivity contribution < 1.29 is 19.7 Å². The monoisotopic (exact) mass is 428 g/mol. The van der Waals surface area contributed by atoms with E-state index in [1.807, 2.05) is 30.3 Å². The second-order valence-corrected chi connectivity index (χ2v) is 7.79. The molecule has 0 heterocycles. The number of nitrogens with one attached hydrogen (secondary N) is 1. The number of nitrogens with zero attached hydrogens (tertiary/aromatic N) is 1. The summed E-state index contributed by atoms with van der Waals surface area (Å²) in [6.07, 6.45) is -2.66. The summed E-state index contributed by atoms with van der Waals surface area (Å²) >= 11 is 0. The smallest absolute Gasteiger partial charge is 0.407 e. The number of alkyl carbamates (subject to hydrolysis) is 1. The average Bonchev–Trinajstić information content (AvgIpc) is 3.16. The maximum atomic E-state index is 12.2. The number of benzene rings is 3. The lowest BCUT2D eigenvalue weighted by Crippen LogP contribution is -2.30. The number of fused-ring (bicyclic) bond motifs is 3. The van der Waals surface area contributed by atoms with Gasteiger partial charge in [-0.15, -0.1) is 0 Å². The van der Waals surface area contributed by atoms with E-state index in [1.54, 1.807) is 18.2 Å². The van der Waals surface area contributed by atoms with Crippen molar-refractivity contribution in [2.75, 3.05) is 13.2 Å². The van der Waals surface area contributed by atoms with Crippen LogP contribution in [0.5, 0.6) is 0 Å². The number of carbonyl (C=O) groups excluding carboxylic acids is 1. The Balaban J connectivity index is 1.28. The third-order valence-corrected chi connectivity index (χ3v) is 5.77. The minimum absolute atomic E-state index is 0.0204. The fraction of sp³-hybridized carbons (Fsp3) is 0.231.